The van der Waals surface area contributed by atoms with Gasteiger partial charge in [0, 0.05) is 42.8 Å². The summed E-state index contributed by atoms with van der Waals surface area (Å²) < 4.78 is 7.39. The fourth-order valence-electron chi connectivity index (χ4n) is 3.81. The molecule has 2 aromatic rings. The molecule has 0 unspecified atom stereocenters. The highest BCUT2D eigenvalue weighted by atomic mass is 16.5. The summed E-state index contributed by atoms with van der Waals surface area (Å²) in [4.78, 5) is 16.4. The Balaban J connectivity index is 1.54. The molecule has 0 amide bonds. The third kappa shape index (κ3) is 3.28. The molecule has 1 aliphatic carbocycles. The molecular formula is C19H23N3O2. The van der Waals surface area contributed by atoms with Crippen LogP contribution in [0.4, 0.5) is 0 Å². The number of hydrogen-bond donors (Lipinski definition) is 1. The van der Waals surface area contributed by atoms with Crippen LogP contribution in [0.3, 0.4) is 0 Å². The molecule has 2 aliphatic rings. The molecule has 0 aromatic carbocycles. The maximum atomic E-state index is 12.4. The van der Waals surface area contributed by atoms with Gasteiger partial charge in [0.05, 0.1) is 13.2 Å². The summed E-state index contributed by atoms with van der Waals surface area (Å²) >= 11 is 0. The molecule has 2 atom stereocenters. The predicted molar refractivity (Wildman–Crippen MR) is 92.2 cm³/mol. The Morgan fingerprint density at radius 1 is 1.17 bits per heavy atom. The van der Waals surface area contributed by atoms with Crippen molar-refractivity contribution >= 4 is 0 Å². The Morgan fingerprint density at radius 2 is 2.04 bits per heavy atom. The van der Waals surface area contributed by atoms with Crippen molar-refractivity contribution in [2.45, 2.75) is 44.3 Å². The molecular weight excluding hydrogens is 302 g/mol. The van der Waals surface area contributed by atoms with E-state index in [4.69, 9.17) is 4.74 Å². The van der Waals surface area contributed by atoms with Crippen molar-refractivity contribution in [3.63, 3.8) is 0 Å². The number of hydrogen-bond acceptors (Lipinski definition) is 4. The molecule has 1 fully saturated rings. The monoisotopic (exact) mass is 325 g/mol. The van der Waals surface area contributed by atoms with Gasteiger partial charge in [-0.25, -0.2) is 0 Å². The molecule has 1 saturated heterocycles. The molecule has 126 valence electrons. The summed E-state index contributed by atoms with van der Waals surface area (Å²) in [5.74, 6) is 0. The van der Waals surface area contributed by atoms with Gasteiger partial charge in [0.2, 0.25) is 0 Å². The lowest BCUT2D eigenvalue weighted by Crippen LogP contribution is -2.43. The fourth-order valence-corrected chi connectivity index (χ4v) is 3.81. The van der Waals surface area contributed by atoms with Gasteiger partial charge in [-0.15, -0.1) is 0 Å². The maximum absolute atomic E-state index is 12.4. The van der Waals surface area contributed by atoms with E-state index in [0.717, 1.165) is 44.5 Å². The van der Waals surface area contributed by atoms with Gasteiger partial charge in [-0.05, 0) is 48.9 Å². The van der Waals surface area contributed by atoms with Crippen molar-refractivity contribution in [2.24, 2.45) is 0 Å². The highest BCUT2D eigenvalue weighted by Gasteiger charge is 2.25. The first-order valence-corrected chi connectivity index (χ1v) is 8.74. The third-order valence-corrected chi connectivity index (χ3v) is 5.08. The molecule has 24 heavy (non-hydrogen) atoms. The first-order chi connectivity index (χ1) is 11.8. The van der Waals surface area contributed by atoms with E-state index in [1.165, 1.54) is 11.3 Å². The van der Waals surface area contributed by atoms with Crippen molar-refractivity contribution in [1.82, 2.24) is 14.9 Å². The van der Waals surface area contributed by atoms with Crippen molar-refractivity contribution in [3.05, 3.63) is 63.8 Å². The largest absolute Gasteiger partial charge is 0.380 e. The SMILES string of the molecule is O=c1ccc2c(n1Cc1ccncc1)CC[C@H](N[C@H]1CCOC1)C2. The Kier molecular flexibility index (Phi) is 4.45. The predicted octanol–water partition coefficient (Wildman–Crippen LogP) is 1.53. The number of ether oxygens (including phenoxy) is 1. The number of aromatic nitrogens is 2. The lowest BCUT2D eigenvalue weighted by molar-refractivity contribution is 0.187. The fraction of sp³-hybridized carbons (Fsp3) is 0.474. The molecule has 1 aliphatic heterocycles. The third-order valence-electron chi connectivity index (χ3n) is 5.08. The Hall–Kier alpha value is -1.98. The van der Waals surface area contributed by atoms with E-state index in [2.05, 4.69) is 10.3 Å². The zero-order chi connectivity index (χ0) is 16.4. The molecule has 5 nitrogen and oxygen atoms in total. The zero-order valence-electron chi connectivity index (χ0n) is 13.8. The quantitative estimate of drug-likeness (QED) is 0.926. The van der Waals surface area contributed by atoms with Crippen LogP contribution in [0.1, 0.15) is 29.7 Å². The van der Waals surface area contributed by atoms with E-state index in [0.29, 0.717) is 18.6 Å². The minimum absolute atomic E-state index is 0.0844. The van der Waals surface area contributed by atoms with Crippen LogP contribution in [0.25, 0.3) is 0 Å². The van der Waals surface area contributed by atoms with E-state index in [1.807, 2.05) is 22.8 Å². The first kappa shape index (κ1) is 15.5. The highest BCUT2D eigenvalue weighted by Crippen LogP contribution is 2.22. The summed E-state index contributed by atoms with van der Waals surface area (Å²) in [5.41, 5.74) is 3.69. The van der Waals surface area contributed by atoms with Gasteiger partial charge in [0.15, 0.2) is 0 Å². The average Bonchev–Trinajstić information content (AvgIpc) is 3.11. The van der Waals surface area contributed by atoms with Gasteiger partial charge in [-0.3, -0.25) is 9.78 Å². The van der Waals surface area contributed by atoms with Crippen LogP contribution in [-0.2, 0) is 24.1 Å². The number of nitrogens with zero attached hydrogens (tertiary/aromatic N) is 2. The molecule has 0 saturated carbocycles. The average molecular weight is 325 g/mol. The standard InChI is InChI=1S/C19H23N3O2/c23-19-4-1-15-11-16(21-17-7-10-24-13-17)2-3-18(15)22(19)12-14-5-8-20-9-6-14/h1,4-6,8-9,16-17,21H,2-3,7,10-13H2/t16-,17-/m0/s1. The topological polar surface area (TPSA) is 56.2 Å². The Morgan fingerprint density at radius 3 is 2.83 bits per heavy atom. The van der Waals surface area contributed by atoms with Gasteiger partial charge >= 0.3 is 0 Å². The zero-order valence-corrected chi connectivity index (χ0v) is 13.8. The molecule has 0 spiro atoms. The van der Waals surface area contributed by atoms with E-state index in [1.54, 1.807) is 18.5 Å². The summed E-state index contributed by atoms with van der Waals surface area (Å²) in [7, 11) is 0. The van der Waals surface area contributed by atoms with Crippen LogP contribution in [-0.4, -0.2) is 34.8 Å². The minimum atomic E-state index is 0.0844. The van der Waals surface area contributed by atoms with Crippen LogP contribution < -0.4 is 10.9 Å². The molecule has 1 N–H and O–H groups in total. The minimum Gasteiger partial charge on any atom is -0.380 e. The van der Waals surface area contributed by atoms with E-state index in [-0.39, 0.29) is 5.56 Å². The summed E-state index contributed by atoms with van der Waals surface area (Å²) in [6, 6.07) is 8.63. The highest BCUT2D eigenvalue weighted by molar-refractivity contribution is 5.27. The van der Waals surface area contributed by atoms with Crippen molar-refractivity contribution in [1.29, 1.82) is 0 Å². The summed E-state index contributed by atoms with van der Waals surface area (Å²) in [6.45, 7) is 2.32. The van der Waals surface area contributed by atoms with E-state index < -0.39 is 0 Å². The van der Waals surface area contributed by atoms with E-state index in [9.17, 15) is 4.79 Å². The Bertz CT molecular complexity index is 751. The molecule has 3 heterocycles. The maximum Gasteiger partial charge on any atom is 0.251 e. The second-order valence-electron chi connectivity index (χ2n) is 6.75. The van der Waals surface area contributed by atoms with Gasteiger partial charge < -0.3 is 14.6 Å². The van der Waals surface area contributed by atoms with Crippen LogP contribution in [0.15, 0.2) is 41.5 Å². The molecule has 4 rings (SSSR count). The van der Waals surface area contributed by atoms with Gasteiger partial charge in [0.1, 0.15) is 0 Å². The van der Waals surface area contributed by atoms with E-state index >= 15 is 0 Å². The summed E-state index contributed by atoms with van der Waals surface area (Å²) in [6.07, 6.45) is 7.66. The van der Waals surface area contributed by atoms with Crippen molar-refractivity contribution in [3.8, 4) is 0 Å². The van der Waals surface area contributed by atoms with Crippen LogP contribution in [0.2, 0.25) is 0 Å². The van der Waals surface area contributed by atoms with Crippen molar-refractivity contribution < 1.29 is 4.74 Å². The molecule has 5 heteroatoms. The van der Waals surface area contributed by atoms with Crippen LogP contribution in [0, 0.1) is 0 Å². The number of nitrogens with one attached hydrogen (secondary N) is 1. The second kappa shape index (κ2) is 6.87. The van der Waals surface area contributed by atoms with Gasteiger partial charge in [0.25, 0.3) is 5.56 Å². The number of fused-ring (bicyclic) bond motifs is 1. The van der Waals surface area contributed by atoms with Crippen LogP contribution >= 0.6 is 0 Å². The lowest BCUT2D eigenvalue weighted by Gasteiger charge is -2.29. The van der Waals surface area contributed by atoms with Gasteiger partial charge in [-0.2, -0.15) is 0 Å². The lowest BCUT2D eigenvalue weighted by atomic mass is 9.90. The van der Waals surface area contributed by atoms with Gasteiger partial charge in [-0.1, -0.05) is 6.07 Å². The summed E-state index contributed by atoms with van der Waals surface area (Å²) in [5, 5.41) is 3.72. The smallest absolute Gasteiger partial charge is 0.251 e. The van der Waals surface area contributed by atoms with Crippen LogP contribution in [0.5, 0.6) is 0 Å². The number of rotatable bonds is 4. The molecule has 0 radical (unpaired) electrons. The molecule has 0 bridgehead atoms. The van der Waals surface area contributed by atoms with Crippen molar-refractivity contribution in [2.75, 3.05) is 13.2 Å². The molecule has 2 aromatic heterocycles. The Labute approximate surface area is 141 Å². The normalized spacial score (nSPS) is 23.2. The number of pyridine rings is 2. The first-order valence-electron chi connectivity index (χ1n) is 8.74. The second-order valence-corrected chi connectivity index (χ2v) is 6.75.